The Morgan fingerprint density at radius 1 is 0.963 bits per heavy atom. The van der Waals surface area contributed by atoms with Crippen LogP contribution >= 0.6 is 0 Å². The SMILES string of the molecule is COc1cc(Nc2ccc(Oc3cccc(N(C)C)c3)cn2)c(F)cc1F. The number of rotatable bonds is 6. The average Bonchev–Trinajstić information content (AvgIpc) is 2.65. The van der Waals surface area contributed by atoms with E-state index in [0.717, 1.165) is 11.8 Å². The highest BCUT2D eigenvalue weighted by Gasteiger charge is 2.11. The second-order valence-electron chi connectivity index (χ2n) is 5.96. The molecule has 1 aromatic heterocycles. The molecule has 7 heteroatoms. The van der Waals surface area contributed by atoms with E-state index in [1.54, 1.807) is 12.1 Å². The fourth-order valence-electron chi connectivity index (χ4n) is 2.40. The lowest BCUT2D eigenvalue weighted by Gasteiger charge is -2.14. The van der Waals surface area contributed by atoms with E-state index < -0.39 is 11.6 Å². The highest BCUT2D eigenvalue weighted by molar-refractivity contribution is 5.60. The van der Waals surface area contributed by atoms with E-state index in [1.165, 1.54) is 19.4 Å². The van der Waals surface area contributed by atoms with Crippen molar-refractivity contribution in [2.45, 2.75) is 0 Å². The topological polar surface area (TPSA) is 46.6 Å². The third-order valence-corrected chi connectivity index (χ3v) is 3.81. The van der Waals surface area contributed by atoms with E-state index in [1.807, 2.05) is 43.3 Å². The maximum atomic E-state index is 13.9. The maximum absolute atomic E-state index is 13.9. The number of ether oxygens (including phenoxy) is 2. The van der Waals surface area contributed by atoms with Crippen molar-refractivity contribution in [2.75, 3.05) is 31.4 Å². The normalized spacial score (nSPS) is 10.4. The minimum atomic E-state index is -0.766. The van der Waals surface area contributed by atoms with E-state index in [0.29, 0.717) is 17.3 Å². The van der Waals surface area contributed by atoms with Crippen LogP contribution in [0.5, 0.6) is 17.2 Å². The predicted molar refractivity (Wildman–Crippen MR) is 101 cm³/mol. The summed E-state index contributed by atoms with van der Waals surface area (Å²) in [6.07, 6.45) is 1.52. The van der Waals surface area contributed by atoms with Gasteiger partial charge in [0.15, 0.2) is 11.6 Å². The quantitative estimate of drug-likeness (QED) is 0.663. The van der Waals surface area contributed by atoms with Crippen molar-refractivity contribution in [2.24, 2.45) is 0 Å². The maximum Gasteiger partial charge on any atom is 0.168 e. The zero-order valence-electron chi connectivity index (χ0n) is 15.2. The van der Waals surface area contributed by atoms with Crippen LogP contribution in [0.3, 0.4) is 0 Å². The first-order valence-electron chi connectivity index (χ1n) is 8.17. The van der Waals surface area contributed by atoms with Crippen LogP contribution in [0.4, 0.5) is 26.0 Å². The summed E-state index contributed by atoms with van der Waals surface area (Å²) >= 11 is 0. The van der Waals surface area contributed by atoms with Crippen LogP contribution in [-0.2, 0) is 0 Å². The number of benzene rings is 2. The lowest BCUT2D eigenvalue weighted by molar-refractivity contribution is 0.384. The van der Waals surface area contributed by atoms with Crippen molar-refractivity contribution < 1.29 is 18.3 Å². The van der Waals surface area contributed by atoms with Gasteiger partial charge in [0.1, 0.15) is 23.1 Å². The molecule has 0 radical (unpaired) electrons. The van der Waals surface area contributed by atoms with E-state index in [9.17, 15) is 8.78 Å². The van der Waals surface area contributed by atoms with Crippen LogP contribution < -0.4 is 19.7 Å². The van der Waals surface area contributed by atoms with Gasteiger partial charge in [0.25, 0.3) is 0 Å². The van der Waals surface area contributed by atoms with E-state index in [2.05, 4.69) is 10.3 Å². The molecular weight excluding hydrogens is 352 g/mol. The van der Waals surface area contributed by atoms with Crippen molar-refractivity contribution in [3.8, 4) is 17.2 Å². The Balaban J connectivity index is 1.73. The molecule has 5 nitrogen and oxygen atoms in total. The van der Waals surface area contributed by atoms with E-state index in [4.69, 9.17) is 9.47 Å². The van der Waals surface area contributed by atoms with Crippen LogP contribution in [0.1, 0.15) is 0 Å². The Morgan fingerprint density at radius 3 is 2.44 bits per heavy atom. The molecule has 1 N–H and O–H groups in total. The second-order valence-corrected chi connectivity index (χ2v) is 5.96. The second kappa shape index (κ2) is 7.90. The summed E-state index contributed by atoms with van der Waals surface area (Å²) in [5.74, 6) is 0.0383. The van der Waals surface area contributed by atoms with Gasteiger partial charge < -0.3 is 19.7 Å². The largest absolute Gasteiger partial charge is 0.494 e. The number of anilines is 3. The third kappa shape index (κ3) is 4.44. The lowest BCUT2D eigenvalue weighted by atomic mass is 10.2. The minimum absolute atomic E-state index is 0.0559. The molecule has 0 spiro atoms. The van der Waals surface area contributed by atoms with Gasteiger partial charge in [-0.15, -0.1) is 0 Å². The van der Waals surface area contributed by atoms with Crippen LogP contribution in [-0.4, -0.2) is 26.2 Å². The van der Waals surface area contributed by atoms with Crippen LogP contribution in [0.15, 0.2) is 54.7 Å². The van der Waals surface area contributed by atoms with Crippen LogP contribution in [0, 0.1) is 11.6 Å². The van der Waals surface area contributed by atoms with Gasteiger partial charge in [-0.2, -0.15) is 0 Å². The summed E-state index contributed by atoms with van der Waals surface area (Å²) < 4.78 is 38.0. The van der Waals surface area contributed by atoms with Gasteiger partial charge in [0.05, 0.1) is 19.0 Å². The van der Waals surface area contributed by atoms with E-state index >= 15 is 0 Å². The first kappa shape index (κ1) is 18.4. The Hall–Kier alpha value is -3.35. The molecule has 0 aliphatic rings. The van der Waals surface area contributed by atoms with Crippen molar-refractivity contribution in [3.63, 3.8) is 0 Å². The molecule has 0 fully saturated rings. The van der Waals surface area contributed by atoms with Crippen molar-refractivity contribution >= 4 is 17.2 Å². The number of methoxy groups -OCH3 is 1. The Morgan fingerprint density at radius 2 is 1.78 bits per heavy atom. The third-order valence-electron chi connectivity index (χ3n) is 3.81. The molecule has 0 aliphatic carbocycles. The molecule has 140 valence electrons. The monoisotopic (exact) mass is 371 g/mol. The molecule has 27 heavy (non-hydrogen) atoms. The first-order chi connectivity index (χ1) is 13.0. The molecule has 2 aromatic carbocycles. The van der Waals surface area contributed by atoms with Crippen molar-refractivity contribution in [1.82, 2.24) is 4.98 Å². The molecule has 3 aromatic rings. The average molecular weight is 371 g/mol. The van der Waals surface area contributed by atoms with Gasteiger partial charge in [-0.25, -0.2) is 13.8 Å². The van der Waals surface area contributed by atoms with Crippen LogP contribution in [0.2, 0.25) is 0 Å². The van der Waals surface area contributed by atoms with Gasteiger partial charge in [0, 0.05) is 38.0 Å². The molecule has 0 bridgehead atoms. The standard InChI is InChI=1S/C20H19F2N3O2/c1-25(2)13-5-4-6-14(9-13)27-15-7-8-20(23-12-15)24-18-11-19(26-3)17(22)10-16(18)21/h4-12H,1-3H3,(H,23,24). The fourth-order valence-corrected chi connectivity index (χ4v) is 2.40. The number of hydrogen-bond acceptors (Lipinski definition) is 5. The fraction of sp³-hybridized carbons (Fsp3) is 0.150. The van der Waals surface area contributed by atoms with E-state index in [-0.39, 0.29) is 11.4 Å². The number of hydrogen-bond donors (Lipinski definition) is 1. The molecule has 0 saturated carbocycles. The van der Waals surface area contributed by atoms with Gasteiger partial charge >= 0.3 is 0 Å². The predicted octanol–water partition coefficient (Wildman–Crippen LogP) is 4.97. The minimum Gasteiger partial charge on any atom is -0.494 e. The summed E-state index contributed by atoms with van der Waals surface area (Å²) in [6.45, 7) is 0. The first-order valence-corrected chi connectivity index (χ1v) is 8.17. The molecule has 0 atom stereocenters. The summed E-state index contributed by atoms with van der Waals surface area (Å²) in [6, 6.07) is 13.0. The number of aromatic nitrogens is 1. The Bertz CT molecular complexity index is 931. The van der Waals surface area contributed by atoms with Crippen LogP contribution in [0.25, 0.3) is 0 Å². The zero-order chi connectivity index (χ0) is 19.4. The number of pyridine rings is 1. The molecule has 0 unspecified atom stereocenters. The molecule has 0 aliphatic heterocycles. The smallest absolute Gasteiger partial charge is 0.168 e. The summed E-state index contributed by atoms with van der Waals surface area (Å²) in [5.41, 5.74) is 1.08. The molecule has 0 amide bonds. The number of nitrogens with one attached hydrogen (secondary N) is 1. The van der Waals surface area contributed by atoms with Gasteiger partial charge in [-0.3, -0.25) is 0 Å². The van der Waals surface area contributed by atoms with Crippen molar-refractivity contribution in [1.29, 1.82) is 0 Å². The summed E-state index contributed by atoms with van der Waals surface area (Å²) in [4.78, 5) is 6.17. The summed E-state index contributed by atoms with van der Waals surface area (Å²) in [7, 11) is 5.21. The molecule has 3 rings (SSSR count). The molecule has 1 heterocycles. The highest BCUT2D eigenvalue weighted by atomic mass is 19.1. The number of halogens is 2. The van der Waals surface area contributed by atoms with Gasteiger partial charge in [-0.05, 0) is 24.3 Å². The Kier molecular flexibility index (Phi) is 5.40. The molecular formula is C20H19F2N3O2. The number of nitrogens with zero attached hydrogens (tertiary/aromatic N) is 2. The van der Waals surface area contributed by atoms with Crippen molar-refractivity contribution in [3.05, 3.63) is 66.4 Å². The lowest BCUT2D eigenvalue weighted by Crippen LogP contribution is -2.08. The van der Waals surface area contributed by atoms with Gasteiger partial charge in [-0.1, -0.05) is 6.07 Å². The highest BCUT2D eigenvalue weighted by Crippen LogP contribution is 2.29. The zero-order valence-corrected chi connectivity index (χ0v) is 15.2. The van der Waals surface area contributed by atoms with Gasteiger partial charge in [0.2, 0.25) is 0 Å². The molecule has 0 saturated heterocycles. The summed E-state index contributed by atoms with van der Waals surface area (Å²) in [5, 5.41) is 2.79. The Labute approximate surface area is 156 Å².